The third-order valence-electron chi connectivity index (χ3n) is 4.16. The Hall–Kier alpha value is -2.29. The van der Waals surface area contributed by atoms with E-state index in [1.54, 1.807) is 0 Å². The third kappa shape index (κ3) is 2.77. The number of anilines is 1. The summed E-state index contributed by atoms with van der Waals surface area (Å²) in [6, 6.07) is 20.9. The first-order valence-corrected chi connectivity index (χ1v) is 7.38. The van der Waals surface area contributed by atoms with Crippen LogP contribution in [0.1, 0.15) is 18.9 Å². The summed E-state index contributed by atoms with van der Waals surface area (Å²) in [6.45, 7) is 2.99. The minimum absolute atomic E-state index is 0.0543. The maximum absolute atomic E-state index is 6.13. The molecule has 2 aromatic rings. The number of nitrogens with zero attached hydrogens (tertiary/aromatic N) is 2. The van der Waals surface area contributed by atoms with Crippen LogP contribution in [0.15, 0.2) is 65.7 Å². The zero-order chi connectivity index (χ0) is 14.7. The average Bonchev–Trinajstić information content (AvgIpc) is 2.83. The first kappa shape index (κ1) is 13.7. The molecule has 2 aromatic carbocycles. The number of benzene rings is 2. The fourth-order valence-corrected chi connectivity index (χ4v) is 2.94. The monoisotopic (exact) mass is 279 g/mol. The molecule has 3 nitrogen and oxygen atoms in total. The van der Waals surface area contributed by atoms with E-state index < -0.39 is 0 Å². The molecule has 21 heavy (non-hydrogen) atoms. The second kappa shape index (κ2) is 5.60. The fraction of sp³-hybridized carbons (Fsp3) is 0.278. The molecule has 0 radical (unpaired) electrons. The van der Waals surface area contributed by atoms with Gasteiger partial charge in [0, 0.05) is 5.69 Å². The van der Waals surface area contributed by atoms with Crippen LogP contribution in [0, 0.1) is 0 Å². The Labute approximate surface area is 126 Å². The van der Waals surface area contributed by atoms with Gasteiger partial charge < -0.3 is 10.6 Å². The highest BCUT2D eigenvalue weighted by molar-refractivity contribution is 5.98. The fourth-order valence-electron chi connectivity index (χ4n) is 2.94. The molecule has 0 aliphatic carbocycles. The molecule has 1 unspecified atom stereocenters. The first-order chi connectivity index (χ1) is 10.2. The van der Waals surface area contributed by atoms with Crippen molar-refractivity contribution >= 4 is 11.6 Å². The zero-order valence-electron chi connectivity index (χ0n) is 12.4. The third-order valence-corrected chi connectivity index (χ3v) is 4.16. The summed E-state index contributed by atoms with van der Waals surface area (Å²) in [7, 11) is 0. The van der Waals surface area contributed by atoms with Gasteiger partial charge >= 0.3 is 0 Å². The molecule has 0 saturated heterocycles. The highest BCUT2D eigenvalue weighted by atomic mass is 15.4. The van der Waals surface area contributed by atoms with Gasteiger partial charge in [-0.15, -0.1) is 0 Å². The lowest BCUT2D eigenvalue weighted by molar-refractivity contribution is 0.463. The molecule has 0 saturated carbocycles. The van der Waals surface area contributed by atoms with E-state index in [2.05, 4.69) is 59.3 Å². The van der Waals surface area contributed by atoms with Gasteiger partial charge in [0.25, 0.3) is 0 Å². The lowest BCUT2D eigenvalue weighted by Crippen LogP contribution is -2.50. The largest absolute Gasteiger partial charge is 0.369 e. The molecule has 1 aliphatic rings. The summed E-state index contributed by atoms with van der Waals surface area (Å²) in [5.41, 5.74) is 8.55. The molecule has 0 aromatic heterocycles. The maximum Gasteiger partial charge on any atom is 0.196 e. The van der Waals surface area contributed by atoms with Crippen LogP contribution >= 0.6 is 0 Å². The number of hydrogen-bond donors (Lipinski definition) is 1. The summed E-state index contributed by atoms with van der Waals surface area (Å²) in [5.74, 6) is 0.622. The van der Waals surface area contributed by atoms with Gasteiger partial charge in [-0.1, -0.05) is 48.5 Å². The normalized spacial score (nSPS) is 21.4. The molecule has 0 fully saturated rings. The van der Waals surface area contributed by atoms with E-state index in [1.807, 2.05) is 18.2 Å². The van der Waals surface area contributed by atoms with E-state index in [4.69, 9.17) is 5.73 Å². The predicted octanol–water partition coefficient (Wildman–Crippen LogP) is 3.21. The van der Waals surface area contributed by atoms with Gasteiger partial charge in [0.05, 0.1) is 12.1 Å². The van der Waals surface area contributed by atoms with Crippen molar-refractivity contribution in [3.05, 3.63) is 66.2 Å². The Morgan fingerprint density at radius 2 is 1.67 bits per heavy atom. The number of rotatable bonds is 4. The van der Waals surface area contributed by atoms with Crippen molar-refractivity contribution in [2.24, 2.45) is 10.7 Å². The quantitative estimate of drug-likeness (QED) is 0.933. The summed E-state index contributed by atoms with van der Waals surface area (Å²) in [5, 5.41) is 0. The zero-order valence-corrected chi connectivity index (χ0v) is 12.4. The van der Waals surface area contributed by atoms with Crippen molar-refractivity contribution in [3.8, 4) is 0 Å². The molecule has 1 aliphatic heterocycles. The van der Waals surface area contributed by atoms with Gasteiger partial charge in [0.1, 0.15) is 0 Å². The predicted molar refractivity (Wildman–Crippen MR) is 88.6 cm³/mol. The number of hydrogen-bond acceptors (Lipinski definition) is 3. The Morgan fingerprint density at radius 1 is 1.05 bits per heavy atom. The van der Waals surface area contributed by atoms with Crippen molar-refractivity contribution in [2.75, 3.05) is 11.4 Å². The molecule has 108 valence electrons. The van der Waals surface area contributed by atoms with Crippen molar-refractivity contribution in [2.45, 2.75) is 25.3 Å². The Bertz CT molecular complexity index is 621. The summed E-state index contributed by atoms with van der Waals surface area (Å²) in [4.78, 5) is 6.66. The molecule has 1 heterocycles. The molecule has 1 atom stereocenters. The maximum atomic E-state index is 6.13. The van der Waals surface area contributed by atoms with Crippen LogP contribution in [0.5, 0.6) is 0 Å². The Morgan fingerprint density at radius 3 is 2.33 bits per heavy atom. The van der Waals surface area contributed by atoms with Crippen molar-refractivity contribution in [3.63, 3.8) is 0 Å². The van der Waals surface area contributed by atoms with Gasteiger partial charge in [0.2, 0.25) is 0 Å². The summed E-state index contributed by atoms with van der Waals surface area (Å²) in [6.07, 6.45) is 2.06. The van der Waals surface area contributed by atoms with E-state index in [-0.39, 0.29) is 5.54 Å². The van der Waals surface area contributed by atoms with E-state index in [1.165, 1.54) is 5.56 Å². The number of nitrogens with two attached hydrogens (primary N) is 1. The molecule has 0 amide bonds. The van der Waals surface area contributed by atoms with Crippen LogP contribution in [-0.2, 0) is 6.42 Å². The minimum Gasteiger partial charge on any atom is -0.369 e. The van der Waals surface area contributed by atoms with Crippen molar-refractivity contribution in [1.29, 1.82) is 0 Å². The summed E-state index contributed by atoms with van der Waals surface area (Å²) >= 11 is 0. The number of guanidine groups is 1. The number of para-hydroxylation sites is 1. The van der Waals surface area contributed by atoms with E-state index >= 15 is 0 Å². The van der Waals surface area contributed by atoms with Crippen molar-refractivity contribution in [1.82, 2.24) is 0 Å². The highest BCUT2D eigenvalue weighted by Crippen LogP contribution is 2.32. The average molecular weight is 279 g/mol. The van der Waals surface area contributed by atoms with E-state index in [0.29, 0.717) is 5.96 Å². The lowest BCUT2D eigenvalue weighted by atomic mass is 9.92. The second-order valence-electron chi connectivity index (χ2n) is 5.83. The molecule has 3 heteroatoms. The van der Waals surface area contributed by atoms with Gasteiger partial charge in [-0.25, -0.2) is 0 Å². The molecular weight excluding hydrogens is 258 g/mol. The van der Waals surface area contributed by atoms with Crippen LogP contribution < -0.4 is 10.6 Å². The first-order valence-electron chi connectivity index (χ1n) is 7.38. The molecule has 0 spiro atoms. The number of aliphatic imine (C=N–C) groups is 1. The molecular formula is C18H21N3. The van der Waals surface area contributed by atoms with E-state index in [0.717, 1.165) is 25.1 Å². The van der Waals surface area contributed by atoms with Crippen LogP contribution in [0.4, 0.5) is 5.69 Å². The Balaban J connectivity index is 1.79. The van der Waals surface area contributed by atoms with Gasteiger partial charge in [0.15, 0.2) is 5.96 Å². The number of aryl methyl sites for hydroxylation is 1. The highest BCUT2D eigenvalue weighted by Gasteiger charge is 2.38. The molecule has 2 N–H and O–H groups in total. The minimum atomic E-state index is -0.0543. The Kier molecular flexibility index (Phi) is 3.65. The second-order valence-corrected chi connectivity index (χ2v) is 5.83. The van der Waals surface area contributed by atoms with Crippen molar-refractivity contribution < 1.29 is 0 Å². The van der Waals surface area contributed by atoms with Crippen LogP contribution in [0.2, 0.25) is 0 Å². The molecule has 0 bridgehead atoms. The standard InChI is InChI=1S/C18H21N3/c1-18(13-12-15-8-4-2-5-9-15)14-20-17(19)21(18)16-10-6-3-7-11-16/h2-11H,12-14H2,1H3,(H2,19,20). The van der Waals surface area contributed by atoms with Crippen LogP contribution in [0.25, 0.3) is 0 Å². The summed E-state index contributed by atoms with van der Waals surface area (Å²) < 4.78 is 0. The smallest absolute Gasteiger partial charge is 0.196 e. The van der Waals surface area contributed by atoms with Crippen LogP contribution in [0.3, 0.4) is 0 Å². The van der Waals surface area contributed by atoms with Gasteiger partial charge in [-0.3, -0.25) is 4.99 Å². The van der Waals surface area contributed by atoms with Gasteiger partial charge in [-0.05, 0) is 37.5 Å². The van der Waals surface area contributed by atoms with Gasteiger partial charge in [-0.2, -0.15) is 0 Å². The SMILES string of the molecule is CC1(CCc2ccccc2)CN=C(N)N1c1ccccc1. The van der Waals surface area contributed by atoms with Crippen LogP contribution in [-0.4, -0.2) is 18.0 Å². The molecule has 3 rings (SSSR count). The van der Waals surface area contributed by atoms with E-state index in [9.17, 15) is 0 Å². The lowest BCUT2D eigenvalue weighted by Gasteiger charge is -2.36. The topological polar surface area (TPSA) is 41.6 Å².